The summed E-state index contributed by atoms with van der Waals surface area (Å²) in [6.07, 6.45) is 3.86. The number of carbonyl (C=O) groups excluding carboxylic acids is 3. The van der Waals surface area contributed by atoms with E-state index in [9.17, 15) is 19.6 Å². The zero-order chi connectivity index (χ0) is 21.5. The summed E-state index contributed by atoms with van der Waals surface area (Å²) in [5, 5.41) is 15.0. The van der Waals surface area contributed by atoms with Crippen LogP contribution in [0.4, 0.5) is 5.00 Å². The third-order valence-electron chi connectivity index (χ3n) is 4.65. The molecule has 9 heteroatoms. The Morgan fingerprint density at radius 1 is 1.17 bits per heavy atom. The maximum Gasteiger partial charge on any atom is 0.325 e. The van der Waals surface area contributed by atoms with E-state index in [2.05, 4.69) is 16.7 Å². The maximum atomic E-state index is 12.1. The van der Waals surface area contributed by atoms with Crippen molar-refractivity contribution in [3.8, 4) is 11.8 Å². The number of aryl methyl sites for hydroxylation is 1. The number of ether oxygens (including phenoxy) is 2. The molecule has 0 bridgehead atoms. The second-order valence-electron chi connectivity index (χ2n) is 6.65. The van der Waals surface area contributed by atoms with E-state index in [1.807, 2.05) is 0 Å². The van der Waals surface area contributed by atoms with Crippen LogP contribution in [0.2, 0.25) is 0 Å². The van der Waals surface area contributed by atoms with Crippen LogP contribution < -0.4 is 15.4 Å². The lowest BCUT2D eigenvalue weighted by Gasteiger charge is -2.09. The lowest BCUT2D eigenvalue weighted by molar-refractivity contribution is -0.146. The number of nitrogens with zero attached hydrogens (tertiary/aromatic N) is 1. The first-order valence-electron chi connectivity index (χ1n) is 9.44. The summed E-state index contributed by atoms with van der Waals surface area (Å²) in [7, 11) is 1.52. The molecule has 1 heterocycles. The molecule has 0 fully saturated rings. The van der Waals surface area contributed by atoms with Crippen LogP contribution in [0, 0.1) is 11.3 Å². The van der Waals surface area contributed by atoms with Gasteiger partial charge in [0.05, 0.1) is 12.7 Å². The van der Waals surface area contributed by atoms with E-state index in [0.29, 0.717) is 21.9 Å². The molecule has 0 radical (unpaired) electrons. The minimum Gasteiger partial charge on any atom is -0.497 e. The number of nitriles is 1. The average Bonchev–Trinajstić information content (AvgIpc) is 3.12. The van der Waals surface area contributed by atoms with Gasteiger partial charge in [0.15, 0.2) is 6.61 Å². The van der Waals surface area contributed by atoms with E-state index in [-0.39, 0.29) is 6.54 Å². The third-order valence-corrected chi connectivity index (χ3v) is 5.85. The highest BCUT2D eigenvalue weighted by atomic mass is 32.1. The van der Waals surface area contributed by atoms with Crippen LogP contribution in [-0.4, -0.2) is 38.0 Å². The SMILES string of the molecule is COc1ccc(C(=O)NCC(=O)OCC(=O)Nc2sc3c(c2C#N)CCCC3)cc1. The van der Waals surface area contributed by atoms with Crippen LogP contribution in [0.1, 0.15) is 39.2 Å². The number of fused-ring (bicyclic) bond motifs is 1. The van der Waals surface area contributed by atoms with Gasteiger partial charge in [-0.3, -0.25) is 14.4 Å². The Labute approximate surface area is 177 Å². The van der Waals surface area contributed by atoms with Crippen molar-refractivity contribution in [3.05, 3.63) is 45.8 Å². The lowest BCUT2D eigenvalue weighted by Crippen LogP contribution is -2.32. The summed E-state index contributed by atoms with van der Waals surface area (Å²) in [5.41, 5.74) is 1.88. The first-order valence-corrected chi connectivity index (χ1v) is 10.3. The highest BCUT2D eigenvalue weighted by Gasteiger charge is 2.22. The van der Waals surface area contributed by atoms with E-state index >= 15 is 0 Å². The molecule has 2 aromatic rings. The molecule has 30 heavy (non-hydrogen) atoms. The van der Waals surface area contributed by atoms with Crippen LogP contribution in [0.25, 0.3) is 0 Å². The molecule has 1 aliphatic rings. The molecular formula is C21H21N3O5S. The number of rotatable bonds is 7. The summed E-state index contributed by atoms with van der Waals surface area (Å²) in [6.45, 7) is -0.862. The molecule has 2 N–H and O–H groups in total. The highest BCUT2D eigenvalue weighted by Crippen LogP contribution is 2.37. The Bertz CT molecular complexity index is 991. The normalized spacial score (nSPS) is 12.3. The van der Waals surface area contributed by atoms with Gasteiger partial charge in [-0.2, -0.15) is 5.26 Å². The zero-order valence-electron chi connectivity index (χ0n) is 16.4. The van der Waals surface area contributed by atoms with Crippen molar-refractivity contribution < 1.29 is 23.9 Å². The van der Waals surface area contributed by atoms with Gasteiger partial charge >= 0.3 is 5.97 Å². The summed E-state index contributed by atoms with van der Waals surface area (Å²) in [6, 6.07) is 8.57. The van der Waals surface area contributed by atoms with Gasteiger partial charge in [0.2, 0.25) is 0 Å². The van der Waals surface area contributed by atoms with Crippen molar-refractivity contribution in [1.82, 2.24) is 5.32 Å². The number of nitrogens with one attached hydrogen (secondary N) is 2. The van der Waals surface area contributed by atoms with Crippen LogP contribution in [-0.2, 0) is 27.2 Å². The topological polar surface area (TPSA) is 118 Å². The van der Waals surface area contributed by atoms with Crippen molar-refractivity contribution in [3.63, 3.8) is 0 Å². The smallest absolute Gasteiger partial charge is 0.325 e. The summed E-state index contributed by atoms with van der Waals surface area (Å²) >= 11 is 1.40. The molecule has 1 aromatic heterocycles. The monoisotopic (exact) mass is 427 g/mol. The number of thiophene rings is 1. The van der Waals surface area contributed by atoms with Gasteiger partial charge in [-0.05, 0) is 55.5 Å². The van der Waals surface area contributed by atoms with E-state index in [1.165, 1.54) is 18.4 Å². The molecule has 0 aliphatic heterocycles. The van der Waals surface area contributed by atoms with Gasteiger partial charge in [0, 0.05) is 10.4 Å². The number of hydrogen-bond acceptors (Lipinski definition) is 7. The molecule has 0 spiro atoms. The van der Waals surface area contributed by atoms with Crippen molar-refractivity contribution in [2.45, 2.75) is 25.7 Å². The molecular weight excluding hydrogens is 406 g/mol. The van der Waals surface area contributed by atoms with Crippen LogP contribution in [0.5, 0.6) is 5.75 Å². The quantitative estimate of drug-likeness (QED) is 0.656. The van der Waals surface area contributed by atoms with Crippen molar-refractivity contribution in [2.24, 2.45) is 0 Å². The summed E-state index contributed by atoms with van der Waals surface area (Å²) in [4.78, 5) is 37.1. The third kappa shape index (κ3) is 5.15. The molecule has 0 saturated heterocycles. The number of methoxy groups -OCH3 is 1. The van der Waals surface area contributed by atoms with E-state index in [1.54, 1.807) is 24.3 Å². The predicted molar refractivity (Wildman–Crippen MR) is 111 cm³/mol. The molecule has 0 atom stereocenters. The summed E-state index contributed by atoms with van der Waals surface area (Å²) in [5.74, 6) is -1.09. The van der Waals surface area contributed by atoms with Gasteiger partial charge in [0.25, 0.3) is 11.8 Å². The fourth-order valence-electron chi connectivity index (χ4n) is 3.13. The minimum atomic E-state index is -0.738. The summed E-state index contributed by atoms with van der Waals surface area (Å²) < 4.78 is 9.93. The van der Waals surface area contributed by atoms with Crippen LogP contribution in [0.15, 0.2) is 24.3 Å². The molecule has 3 rings (SSSR count). The van der Waals surface area contributed by atoms with Crippen molar-refractivity contribution >= 4 is 34.1 Å². The number of esters is 1. The standard InChI is InChI=1S/C21H21N3O5S/c1-28-14-8-6-13(7-9-14)20(27)23-11-19(26)29-12-18(25)24-21-16(10-22)15-4-2-3-5-17(15)30-21/h6-9H,2-5,11-12H2,1H3,(H,23,27)(H,24,25). The molecule has 156 valence electrons. The molecule has 0 saturated carbocycles. The fraction of sp³-hybridized carbons (Fsp3) is 0.333. The van der Waals surface area contributed by atoms with Crippen LogP contribution in [0.3, 0.4) is 0 Å². The second-order valence-corrected chi connectivity index (χ2v) is 7.75. The number of amides is 2. The number of hydrogen-bond donors (Lipinski definition) is 2. The first kappa shape index (κ1) is 21.3. The Morgan fingerprint density at radius 3 is 2.60 bits per heavy atom. The Kier molecular flexibility index (Phi) is 7.03. The van der Waals surface area contributed by atoms with E-state index in [4.69, 9.17) is 9.47 Å². The molecule has 8 nitrogen and oxygen atoms in total. The Hall–Kier alpha value is -3.38. The molecule has 1 aliphatic carbocycles. The average molecular weight is 427 g/mol. The van der Waals surface area contributed by atoms with Crippen LogP contribution >= 0.6 is 11.3 Å². The first-order chi connectivity index (χ1) is 14.5. The van der Waals surface area contributed by atoms with Crippen molar-refractivity contribution in [2.75, 3.05) is 25.6 Å². The fourth-order valence-corrected chi connectivity index (χ4v) is 4.38. The zero-order valence-corrected chi connectivity index (χ0v) is 17.3. The Balaban J connectivity index is 1.45. The van der Waals surface area contributed by atoms with Gasteiger partial charge in [-0.15, -0.1) is 11.3 Å². The predicted octanol–water partition coefficient (Wildman–Crippen LogP) is 2.42. The van der Waals surface area contributed by atoms with E-state index < -0.39 is 24.4 Å². The number of anilines is 1. The van der Waals surface area contributed by atoms with Gasteiger partial charge in [0.1, 0.15) is 23.4 Å². The molecule has 2 amide bonds. The minimum absolute atomic E-state index is 0.366. The van der Waals surface area contributed by atoms with Gasteiger partial charge < -0.3 is 20.1 Å². The Morgan fingerprint density at radius 2 is 1.90 bits per heavy atom. The van der Waals surface area contributed by atoms with Gasteiger partial charge in [-0.1, -0.05) is 0 Å². The van der Waals surface area contributed by atoms with Crippen molar-refractivity contribution in [1.29, 1.82) is 5.26 Å². The highest BCUT2D eigenvalue weighted by molar-refractivity contribution is 7.16. The largest absolute Gasteiger partial charge is 0.497 e. The maximum absolute atomic E-state index is 12.1. The van der Waals surface area contributed by atoms with Gasteiger partial charge in [-0.25, -0.2) is 0 Å². The number of benzene rings is 1. The number of carbonyl (C=O) groups is 3. The second kappa shape index (κ2) is 9.89. The van der Waals surface area contributed by atoms with E-state index in [0.717, 1.165) is 36.1 Å². The molecule has 1 aromatic carbocycles. The lowest BCUT2D eigenvalue weighted by atomic mass is 9.96. The molecule has 0 unspecified atom stereocenters.